The van der Waals surface area contributed by atoms with Gasteiger partial charge in [0.25, 0.3) is 0 Å². The highest BCUT2D eigenvalue weighted by atomic mass is 19.4. The van der Waals surface area contributed by atoms with Gasteiger partial charge in [0.05, 0.1) is 5.56 Å². The van der Waals surface area contributed by atoms with Crippen LogP contribution in [0.3, 0.4) is 0 Å². The van der Waals surface area contributed by atoms with E-state index in [-0.39, 0.29) is 18.1 Å². The molecule has 1 saturated heterocycles. The van der Waals surface area contributed by atoms with E-state index in [4.69, 9.17) is 0 Å². The molecule has 0 spiro atoms. The molecule has 5 heteroatoms. The van der Waals surface area contributed by atoms with Gasteiger partial charge >= 0.3 is 6.18 Å². The summed E-state index contributed by atoms with van der Waals surface area (Å²) in [5.41, 5.74) is -0.380. The third-order valence-electron chi connectivity index (χ3n) is 3.19. The molecule has 1 heterocycles. The van der Waals surface area contributed by atoms with Crippen LogP contribution in [0.25, 0.3) is 0 Å². The molecule has 94 valence electrons. The molecule has 0 saturated carbocycles. The Morgan fingerprint density at radius 2 is 2.00 bits per heavy atom. The summed E-state index contributed by atoms with van der Waals surface area (Å²) >= 11 is 0. The highest BCUT2D eigenvalue weighted by Crippen LogP contribution is 2.38. The highest BCUT2D eigenvalue weighted by Gasteiger charge is 2.38. The van der Waals surface area contributed by atoms with Gasteiger partial charge in [0.1, 0.15) is 0 Å². The SMILES string of the molecule is OCC1CCNC1c1ccccc1C(F)(F)F. The first-order chi connectivity index (χ1) is 8.04. The van der Waals surface area contributed by atoms with Crippen molar-refractivity contribution in [1.29, 1.82) is 0 Å². The van der Waals surface area contributed by atoms with E-state index in [1.54, 1.807) is 6.07 Å². The van der Waals surface area contributed by atoms with Gasteiger partial charge in [-0.25, -0.2) is 0 Å². The number of aliphatic hydroxyl groups is 1. The number of benzene rings is 1. The second kappa shape index (κ2) is 4.66. The fourth-order valence-electron chi connectivity index (χ4n) is 2.34. The molecule has 0 bridgehead atoms. The first kappa shape index (κ1) is 12.4. The molecule has 17 heavy (non-hydrogen) atoms. The summed E-state index contributed by atoms with van der Waals surface area (Å²) < 4.78 is 38.5. The van der Waals surface area contributed by atoms with Crippen LogP contribution < -0.4 is 5.32 Å². The minimum Gasteiger partial charge on any atom is -0.396 e. The Morgan fingerprint density at radius 1 is 1.29 bits per heavy atom. The monoisotopic (exact) mass is 245 g/mol. The van der Waals surface area contributed by atoms with E-state index in [0.29, 0.717) is 13.0 Å². The molecule has 2 N–H and O–H groups in total. The lowest BCUT2D eigenvalue weighted by Crippen LogP contribution is -2.23. The molecule has 1 aliphatic heterocycles. The summed E-state index contributed by atoms with van der Waals surface area (Å²) in [5.74, 6) is -0.140. The van der Waals surface area contributed by atoms with Gasteiger partial charge in [0, 0.05) is 18.6 Å². The predicted molar refractivity (Wildman–Crippen MR) is 57.4 cm³/mol. The van der Waals surface area contributed by atoms with E-state index in [9.17, 15) is 18.3 Å². The zero-order valence-electron chi connectivity index (χ0n) is 9.17. The molecular weight excluding hydrogens is 231 g/mol. The number of alkyl halides is 3. The maximum Gasteiger partial charge on any atom is 0.416 e. The van der Waals surface area contributed by atoms with Crippen LogP contribution in [0.2, 0.25) is 0 Å². The third kappa shape index (κ3) is 2.45. The van der Waals surface area contributed by atoms with E-state index in [0.717, 1.165) is 6.07 Å². The van der Waals surface area contributed by atoms with Crippen molar-refractivity contribution in [3.05, 3.63) is 35.4 Å². The lowest BCUT2D eigenvalue weighted by atomic mass is 9.91. The molecule has 0 radical (unpaired) electrons. The van der Waals surface area contributed by atoms with Crippen molar-refractivity contribution < 1.29 is 18.3 Å². The maximum atomic E-state index is 12.8. The van der Waals surface area contributed by atoms with Gasteiger partial charge < -0.3 is 10.4 Å². The average Bonchev–Trinajstić information content (AvgIpc) is 2.75. The van der Waals surface area contributed by atoms with Crippen LogP contribution in [-0.4, -0.2) is 18.3 Å². The lowest BCUT2D eigenvalue weighted by molar-refractivity contribution is -0.138. The molecule has 1 aromatic rings. The third-order valence-corrected chi connectivity index (χ3v) is 3.19. The Morgan fingerprint density at radius 3 is 2.65 bits per heavy atom. The van der Waals surface area contributed by atoms with Gasteiger partial charge in [-0.1, -0.05) is 18.2 Å². The molecule has 2 unspecified atom stereocenters. The van der Waals surface area contributed by atoms with Crippen molar-refractivity contribution in [1.82, 2.24) is 5.32 Å². The van der Waals surface area contributed by atoms with Gasteiger partial charge in [0.2, 0.25) is 0 Å². The van der Waals surface area contributed by atoms with E-state index in [2.05, 4.69) is 5.32 Å². The molecular formula is C12H14F3NO. The predicted octanol–water partition coefficient (Wildman–Crippen LogP) is 2.35. The fourth-order valence-corrected chi connectivity index (χ4v) is 2.34. The fraction of sp³-hybridized carbons (Fsp3) is 0.500. The van der Waals surface area contributed by atoms with E-state index in [1.165, 1.54) is 12.1 Å². The molecule has 1 fully saturated rings. The van der Waals surface area contributed by atoms with Crippen LogP contribution in [0.5, 0.6) is 0 Å². The number of aliphatic hydroxyl groups excluding tert-OH is 1. The van der Waals surface area contributed by atoms with Gasteiger partial charge in [-0.05, 0) is 24.6 Å². The van der Waals surface area contributed by atoms with Crippen LogP contribution in [0.1, 0.15) is 23.6 Å². The van der Waals surface area contributed by atoms with Crippen molar-refractivity contribution in [3.8, 4) is 0 Å². The van der Waals surface area contributed by atoms with E-state index >= 15 is 0 Å². The van der Waals surface area contributed by atoms with Crippen LogP contribution >= 0.6 is 0 Å². The van der Waals surface area contributed by atoms with Gasteiger partial charge in [-0.3, -0.25) is 0 Å². The highest BCUT2D eigenvalue weighted by molar-refractivity contribution is 5.33. The number of halogens is 3. The first-order valence-corrected chi connectivity index (χ1v) is 5.54. The summed E-state index contributed by atoms with van der Waals surface area (Å²) in [6.45, 7) is 0.548. The second-order valence-electron chi connectivity index (χ2n) is 4.25. The van der Waals surface area contributed by atoms with E-state index in [1.807, 2.05) is 0 Å². The second-order valence-corrected chi connectivity index (χ2v) is 4.25. The number of rotatable bonds is 2. The van der Waals surface area contributed by atoms with Crippen LogP contribution in [0, 0.1) is 5.92 Å². The first-order valence-electron chi connectivity index (χ1n) is 5.54. The summed E-state index contributed by atoms with van der Waals surface area (Å²) in [5, 5.41) is 12.2. The molecule has 2 atom stereocenters. The lowest BCUT2D eigenvalue weighted by Gasteiger charge is -2.22. The van der Waals surface area contributed by atoms with Crippen LogP contribution in [-0.2, 0) is 6.18 Å². The van der Waals surface area contributed by atoms with Crippen molar-refractivity contribution in [3.63, 3.8) is 0 Å². The summed E-state index contributed by atoms with van der Waals surface area (Å²) in [4.78, 5) is 0. The minimum atomic E-state index is -4.35. The topological polar surface area (TPSA) is 32.3 Å². The minimum absolute atomic E-state index is 0.0934. The molecule has 0 aromatic heterocycles. The van der Waals surface area contributed by atoms with Gasteiger partial charge in [0.15, 0.2) is 0 Å². The van der Waals surface area contributed by atoms with Gasteiger partial charge in [-0.15, -0.1) is 0 Å². The van der Waals surface area contributed by atoms with Crippen molar-refractivity contribution in [2.45, 2.75) is 18.6 Å². The quantitative estimate of drug-likeness (QED) is 0.838. The largest absolute Gasteiger partial charge is 0.416 e. The number of hydrogen-bond donors (Lipinski definition) is 2. The standard InChI is InChI=1S/C12H14F3NO/c13-12(14,15)10-4-2-1-3-9(10)11-8(7-17)5-6-16-11/h1-4,8,11,16-17H,5-7H2. The van der Waals surface area contributed by atoms with E-state index < -0.39 is 17.8 Å². The van der Waals surface area contributed by atoms with Gasteiger partial charge in [-0.2, -0.15) is 13.2 Å². The Labute approximate surface area is 97.5 Å². The molecule has 1 aromatic carbocycles. The zero-order valence-corrected chi connectivity index (χ0v) is 9.17. The summed E-state index contributed by atoms with van der Waals surface area (Å²) in [6.07, 6.45) is -3.64. The Balaban J connectivity index is 2.38. The normalized spacial score (nSPS) is 25.2. The smallest absolute Gasteiger partial charge is 0.396 e. The summed E-state index contributed by atoms with van der Waals surface area (Å²) in [6, 6.07) is 5.14. The summed E-state index contributed by atoms with van der Waals surface area (Å²) in [7, 11) is 0. The molecule has 2 nitrogen and oxygen atoms in total. The molecule has 2 rings (SSSR count). The zero-order chi connectivity index (χ0) is 12.5. The average molecular weight is 245 g/mol. The number of nitrogens with one attached hydrogen (secondary N) is 1. The van der Waals surface area contributed by atoms with Crippen LogP contribution in [0.4, 0.5) is 13.2 Å². The Kier molecular flexibility index (Phi) is 3.40. The maximum absolute atomic E-state index is 12.8. The van der Waals surface area contributed by atoms with Crippen molar-refractivity contribution in [2.75, 3.05) is 13.2 Å². The molecule has 0 aliphatic carbocycles. The number of hydrogen-bond acceptors (Lipinski definition) is 2. The van der Waals surface area contributed by atoms with Crippen molar-refractivity contribution >= 4 is 0 Å². The van der Waals surface area contributed by atoms with Crippen molar-refractivity contribution in [2.24, 2.45) is 5.92 Å². The Bertz CT molecular complexity index is 392. The van der Waals surface area contributed by atoms with Crippen LogP contribution in [0.15, 0.2) is 24.3 Å². The molecule has 0 amide bonds. The Hall–Kier alpha value is -1.07. The molecule has 1 aliphatic rings.